The van der Waals surface area contributed by atoms with Crippen LogP contribution in [0.3, 0.4) is 0 Å². The standard InChI is InChI=1S/C26H32N2O6S2/c1-4-5-9-17-34-23-18-20(13-14-22(23)33-3)19-24-25(29)28(15-10-16-32-2)26(35-24)27-36(30,31)21-11-7-6-8-12-21/h6-8,11-14,18-19H,4-5,9-10,15-17H2,1-3H3/b24-19-,27-26?. The van der Waals surface area contributed by atoms with Gasteiger partial charge in [0.15, 0.2) is 16.7 Å². The van der Waals surface area contributed by atoms with Crippen LogP contribution in [-0.4, -0.2) is 58.4 Å². The fourth-order valence-electron chi connectivity index (χ4n) is 3.47. The van der Waals surface area contributed by atoms with E-state index >= 15 is 0 Å². The van der Waals surface area contributed by atoms with E-state index in [1.165, 1.54) is 17.0 Å². The molecule has 194 valence electrons. The number of carbonyl (C=O) groups is 1. The predicted octanol–water partition coefficient (Wildman–Crippen LogP) is 4.96. The van der Waals surface area contributed by atoms with Gasteiger partial charge in [0.05, 0.1) is 23.5 Å². The average Bonchev–Trinajstić information content (AvgIpc) is 3.15. The zero-order valence-corrected chi connectivity index (χ0v) is 22.4. The zero-order chi connectivity index (χ0) is 26.0. The minimum atomic E-state index is -3.98. The van der Waals surface area contributed by atoms with Gasteiger partial charge in [0.1, 0.15) is 0 Å². The number of nitrogens with zero attached hydrogens (tertiary/aromatic N) is 2. The van der Waals surface area contributed by atoms with Crippen molar-refractivity contribution in [2.75, 3.05) is 34.0 Å². The number of sulfonamides is 1. The second-order valence-corrected chi connectivity index (χ2v) is 10.7. The highest BCUT2D eigenvalue weighted by molar-refractivity contribution is 8.19. The molecule has 1 saturated heterocycles. The minimum Gasteiger partial charge on any atom is -0.493 e. The van der Waals surface area contributed by atoms with Gasteiger partial charge in [-0.1, -0.05) is 44.0 Å². The Morgan fingerprint density at radius 1 is 1.00 bits per heavy atom. The SMILES string of the molecule is CCCCCOc1cc(/C=C2\SC(=NS(=O)(=O)c3ccccc3)N(CCCOC)C2=O)ccc1OC. The molecule has 8 nitrogen and oxygen atoms in total. The number of methoxy groups -OCH3 is 2. The van der Waals surface area contributed by atoms with Gasteiger partial charge in [0.25, 0.3) is 15.9 Å². The molecule has 0 N–H and O–H groups in total. The molecule has 1 aliphatic rings. The summed E-state index contributed by atoms with van der Waals surface area (Å²) in [5.74, 6) is 0.895. The number of rotatable bonds is 13. The van der Waals surface area contributed by atoms with Crippen molar-refractivity contribution in [1.29, 1.82) is 0 Å². The molecule has 0 aliphatic carbocycles. The Morgan fingerprint density at radius 2 is 1.78 bits per heavy atom. The van der Waals surface area contributed by atoms with Crippen LogP contribution in [0.15, 0.2) is 62.7 Å². The minimum absolute atomic E-state index is 0.0693. The molecule has 1 amide bonds. The summed E-state index contributed by atoms with van der Waals surface area (Å²) in [6.45, 7) is 3.42. The largest absolute Gasteiger partial charge is 0.493 e. The van der Waals surface area contributed by atoms with Gasteiger partial charge in [0.2, 0.25) is 0 Å². The number of carbonyl (C=O) groups excluding carboxylic acids is 1. The van der Waals surface area contributed by atoms with Crippen molar-refractivity contribution in [3.05, 3.63) is 59.0 Å². The third-order valence-electron chi connectivity index (χ3n) is 5.35. The van der Waals surface area contributed by atoms with E-state index in [4.69, 9.17) is 14.2 Å². The number of amides is 1. The van der Waals surface area contributed by atoms with Crippen molar-refractivity contribution in [1.82, 2.24) is 4.90 Å². The maximum absolute atomic E-state index is 13.3. The summed E-state index contributed by atoms with van der Waals surface area (Å²) in [6.07, 6.45) is 5.36. The zero-order valence-electron chi connectivity index (χ0n) is 20.8. The van der Waals surface area contributed by atoms with Crippen LogP contribution in [0.4, 0.5) is 0 Å². The first-order valence-electron chi connectivity index (χ1n) is 11.8. The average molecular weight is 533 g/mol. The van der Waals surface area contributed by atoms with Crippen LogP contribution in [0.2, 0.25) is 0 Å². The Balaban J connectivity index is 1.90. The molecule has 0 atom stereocenters. The van der Waals surface area contributed by atoms with Crippen LogP contribution in [0.5, 0.6) is 11.5 Å². The van der Waals surface area contributed by atoms with Crippen LogP contribution in [0.1, 0.15) is 38.2 Å². The summed E-state index contributed by atoms with van der Waals surface area (Å²) in [5, 5.41) is 0.121. The number of ether oxygens (including phenoxy) is 3. The molecular weight excluding hydrogens is 500 g/mol. The van der Waals surface area contributed by atoms with E-state index < -0.39 is 10.0 Å². The second kappa shape index (κ2) is 13.5. The third-order valence-corrected chi connectivity index (χ3v) is 7.75. The van der Waals surface area contributed by atoms with Gasteiger partial charge in [-0.3, -0.25) is 9.69 Å². The van der Waals surface area contributed by atoms with Gasteiger partial charge < -0.3 is 14.2 Å². The summed E-state index contributed by atoms with van der Waals surface area (Å²) in [6, 6.07) is 13.4. The Bertz CT molecular complexity index is 1200. The Kier molecular flexibility index (Phi) is 10.4. The molecule has 1 aliphatic heterocycles. The van der Waals surface area contributed by atoms with Gasteiger partial charge in [-0.05, 0) is 60.5 Å². The smallest absolute Gasteiger partial charge is 0.284 e. The highest BCUT2D eigenvalue weighted by Gasteiger charge is 2.34. The molecular formula is C26H32N2O6S2. The van der Waals surface area contributed by atoms with Crippen molar-refractivity contribution >= 4 is 38.9 Å². The molecule has 1 heterocycles. The molecule has 0 bridgehead atoms. The first-order chi connectivity index (χ1) is 17.4. The van der Waals surface area contributed by atoms with Crippen molar-refractivity contribution in [2.24, 2.45) is 4.40 Å². The lowest BCUT2D eigenvalue weighted by atomic mass is 10.2. The quantitative estimate of drug-likeness (QED) is 0.266. The monoisotopic (exact) mass is 532 g/mol. The molecule has 2 aromatic carbocycles. The molecule has 2 aromatic rings. The topological polar surface area (TPSA) is 94.5 Å². The molecule has 0 saturated carbocycles. The fraction of sp³-hybridized carbons (Fsp3) is 0.385. The van der Waals surface area contributed by atoms with Crippen LogP contribution < -0.4 is 9.47 Å². The summed E-state index contributed by atoms with van der Waals surface area (Å²) < 4.78 is 46.2. The van der Waals surface area contributed by atoms with Gasteiger partial charge >= 0.3 is 0 Å². The fourth-order valence-corrected chi connectivity index (χ4v) is 5.70. The molecule has 10 heteroatoms. The lowest BCUT2D eigenvalue weighted by Gasteiger charge is -2.15. The number of benzene rings is 2. The first kappa shape index (κ1) is 27.8. The van der Waals surface area contributed by atoms with Gasteiger partial charge in [-0.15, -0.1) is 4.40 Å². The van der Waals surface area contributed by atoms with Gasteiger partial charge in [-0.25, -0.2) is 0 Å². The van der Waals surface area contributed by atoms with E-state index in [1.807, 2.05) is 12.1 Å². The number of thioether (sulfide) groups is 1. The van der Waals surface area contributed by atoms with E-state index in [9.17, 15) is 13.2 Å². The molecule has 3 rings (SSSR count). The van der Waals surface area contributed by atoms with Crippen LogP contribution >= 0.6 is 11.8 Å². The summed E-state index contributed by atoms with van der Waals surface area (Å²) >= 11 is 1.04. The van der Waals surface area contributed by atoms with Gasteiger partial charge in [0, 0.05) is 20.3 Å². The van der Waals surface area contributed by atoms with Crippen LogP contribution in [0, 0.1) is 0 Å². The number of hydrogen-bond acceptors (Lipinski definition) is 7. The Morgan fingerprint density at radius 3 is 2.47 bits per heavy atom. The van der Waals surface area contributed by atoms with E-state index in [-0.39, 0.29) is 22.5 Å². The summed E-state index contributed by atoms with van der Waals surface area (Å²) in [4.78, 5) is 15.1. The molecule has 0 unspecified atom stereocenters. The Labute approximate surface area is 217 Å². The number of amidine groups is 1. The summed E-state index contributed by atoms with van der Waals surface area (Å²) in [5.41, 5.74) is 0.737. The van der Waals surface area contributed by atoms with Crippen molar-refractivity contribution < 1.29 is 27.4 Å². The van der Waals surface area contributed by atoms with Gasteiger partial charge in [-0.2, -0.15) is 8.42 Å². The highest BCUT2D eigenvalue weighted by atomic mass is 32.2. The molecule has 1 fully saturated rings. The molecule has 0 radical (unpaired) electrons. The van der Waals surface area contributed by atoms with E-state index in [1.54, 1.807) is 44.6 Å². The second-order valence-electron chi connectivity index (χ2n) is 8.04. The molecule has 0 aromatic heterocycles. The van der Waals surface area contributed by atoms with Crippen molar-refractivity contribution in [3.8, 4) is 11.5 Å². The van der Waals surface area contributed by atoms with E-state index in [2.05, 4.69) is 11.3 Å². The van der Waals surface area contributed by atoms with E-state index in [0.29, 0.717) is 36.0 Å². The number of hydrogen-bond donors (Lipinski definition) is 0. The maximum atomic E-state index is 13.3. The predicted molar refractivity (Wildman–Crippen MR) is 143 cm³/mol. The van der Waals surface area contributed by atoms with Crippen molar-refractivity contribution in [3.63, 3.8) is 0 Å². The van der Waals surface area contributed by atoms with E-state index in [0.717, 1.165) is 36.6 Å². The van der Waals surface area contributed by atoms with Crippen molar-refractivity contribution in [2.45, 2.75) is 37.5 Å². The maximum Gasteiger partial charge on any atom is 0.284 e. The lowest BCUT2D eigenvalue weighted by molar-refractivity contribution is -0.122. The number of unbranched alkanes of at least 4 members (excludes halogenated alkanes) is 2. The van der Waals surface area contributed by atoms with Crippen LogP contribution in [0.25, 0.3) is 6.08 Å². The normalized spacial score (nSPS) is 16.2. The highest BCUT2D eigenvalue weighted by Crippen LogP contribution is 2.35. The van der Waals surface area contributed by atoms with Crippen LogP contribution in [-0.2, 0) is 19.6 Å². The molecule has 0 spiro atoms. The first-order valence-corrected chi connectivity index (χ1v) is 14.1. The Hall–Kier alpha value is -2.82. The third kappa shape index (κ3) is 7.35. The summed E-state index contributed by atoms with van der Waals surface area (Å²) in [7, 11) is -0.824. The lowest BCUT2D eigenvalue weighted by Crippen LogP contribution is -2.31. The molecule has 36 heavy (non-hydrogen) atoms.